The monoisotopic (exact) mass is 367 g/mol. The molecule has 0 atom stereocenters. The second-order valence-electron chi connectivity index (χ2n) is 7.23. The van der Waals surface area contributed by atoms with E-state index in [9.17, 15) is 9.59 Å². The molecule has 142 valence electrons. The first-order chi connectivity index (χ1) is 13.2. The first kappa shape index (κ1) is 17.6. The average molecular weight is 367 g/mol. The van der Waals surface area contributed by atoms with Crippen molar-refractivity contribution in [2.45, 2.75) is 51.1 Å². The van der Waals surface area contributed by atoms with Crippen LogP contribution in [0.2, 0.25) is 0 Å². The Hall–Kier alpha value is -2.83. The van der Waals surface area contributed by atoms with Gasteiger partial charge in [0.1, 0.15) is 0 Å². The molecule has 3 aromatic rings. The Morgan fingerprint density at radius 3 is 2.89 bits per heavy atom. The maximum Gasteiger partial charge on any atom is 0.326 e. The highest BCUT2D eigenvalue weighted by Crippen LogP contribution is 2.29. The number of aromatic nitrogens is 4. The fourth-order valence-electron chi connectivity index (χ4n) is 3.96. The van der Waals surface area contributed by atoms with Gasteiger partial charge in [0.05, 0.1) is 17.4 Å². The molecule has 1 saturated carbocycles. The van der Waals surface area contributed by atoms with Gasteiger partial charge in [-0.15, -0.1) is 0 Å². The Morgan fingerprint density at radius 2 is 2.11 bits per heavy atom. The van der Waals surface area contributed by atoms with Crippen molar-refractivity contribution in [3.05, 3.63) is 53.0 Å². The van der Waals surface area contributed by atoms with Crippen molar-refractivity contribution in [2.24, 2.45) is 0 Å². The van der Waals surface area contributed by atoms with Crippen molar-refractivity contribution in [1.82, 2.24) is 24.4 Å². The van der Waals surface area contributed by atoms with Gasteiger partial charge < -0.3 is 14.9 Å². The third-order valence-electron chi connectivity index (χ3n) is 5.36. The lowest BCUT2D eigenvalue weighted by atomic mass is 9.95. The number of carbonyl (C=O) groups excluding carboxylic acids is 1. The Morgan fingerprint density at radius 1 is 1.26 bits per heavy atom. The Labute approximate surface area is 157 Å². The molecule has 7 nitrogen and oxygen atoms in total. The van der Waals surface area contributed by atoms with Crippen LogP contribution in [0, 0.1) is 0 Å². The highest BCUT2D eigenvalue weighted by Gasteiger charge is 2.20. The number of amides is 1. The Bertz CT molecular complexity index is 964. The van der Waals surface area contributed by atoms with E-state index in [2.05, 4.69) is 15.3 Å². The van der Waals surface area contributed by atoms with Crippen LogP contribution in [-0.4, -0.2) is 31.6 Å². The van der Waals surface area contributed by atoms with Gasteiger partial charge in [-0.3, -0.25) is 9.36 Å². The highest BCUT2D eigenvalue weighted by molar-refractivity contribution is 5.97. The quantitative estimate of drug-likeness (QED) is 0.657. The largest absolute Gasteiger partial charge is 0.352 e. The lowest BCUT2D eigenvalue weighted by Crippen LogP contribution is -2.25. The van der Waals surface area contributed by atoms with E-state index in [4.69, 9.17) is 0 Å². The van der Waals surface area contributed by atoms with Crippen LogP contribution in [0.1, 0.15) is 54.9 Å². The van der Waals surface area contributed by atoms with Gasteiger partial charge >= 0.3 is 5.69 Å². The molecule has 0 radical (unpaired) electrons. The number of nitrogens with zero attached hydrogens (tertiary/aromatic N) is 3. The van der Waals surface area contributed by atoms with Crippen molar-refractivity contribution < 1.29 is 4.79 Å². The number of H-pyrrole nitrogens is 1. The number of imidazole rings is 2. The van der Waals surface area contributed by atoms with E-state index in [-0.39, 0.29) is 17.6 Å². The molecule has 2 aromatic heterocycles. The normalized spacial score (nSPS) is 15.3. The number of fused-ring (bicyclic) bond motifs is 1. The summed E-state index contributed by atoms with van der Waals surface area (Å²) in [6.07, 6.45) is 11.9. The zero-order valence-electron chi connectivity index (χ0n) is 15.4. The van der Waals surface area contributed by atoms with Gasteiger partial charge in [-0.25, -0.2) is 9.78 Å². The van der Waals surface area contributed by atoms with Gasteiger partial charge in [-0.1, -0.05) is 19.3 Å². The number of aryl methyl sites for hydroxylation is 1. The van der Waals surface area contributed by atoms with Crippen LogP contribution in [0.15, 0.2) is 41.7 Å². The summed E-state index contributed by atoms with van der Waals surface area (Å²) in [5.74, 6) is -0.117. The molecule has 4 rings (SSSR count). The third-order valence-corrected chi connectivity index (χ3v) is 5.36. The maximum atomic E-state index is 12.4. The highest BCUT2D eigenvalue weighted by atomic mass is 16.2. The minimum absolute atomic E-state index is 0.0743. The van der Waals surface area contributed by atoms with E-state index in [0.29, 0.717) is 12.1 Å². The summed E-state index contributed by atoms with van der Waals surface area (Å²) in [6.45, 7) is 1.41. The summed E-state index contributed by atoms with van der Waals surface area (Å²) in [4.78, 5) is 31.8. The average Bonchev–Trinajstić information content (AvgIpc) is 3.31. The van der Waals surface area contributed by atoms with Crippen molar-refractivity contribution in [3.63, 3.8) is 0 Å². The van der Waals surface area contributed by atoms with Crippen molar-refractivity contribution in [3.8, 4) is 0 Å². The molecule has 0 bridgehead atoms. The molecule has 0 aliphatic heterocycles. The summed E-state index contributed by atoms with van der Waals surface area (Å²) < 4.78 is 3.86. The molecule has 1 aliphatic rings. The topological polar surface area (TPSA) is 84.7 Å². The number of carbonyl (C=O) groups is 1. The molecule has 0 spiro atoms. The standard InChI is InChI=1S/C20H25N5O2/c26-19(22-9-4-11-24-12-10-21-14-24)15-7-8-18-17(13-15)23-20(27)25(18)16-5-2-1-3-6-16/h7-8,10,12-14,16H,1-6,9,11H2,(H,22,26)(H,23,27). The molecule has 1 fully saturated rings. The number of hydrogen-bond acceptors (Lipinski definition) is 3. The van der Waals surface area contributed by atoms with E-state index in [1.54, 1.807) is 24.7 Å². The van der Waals surface area contributed by atoms with Crippen LogP contribution in [0.3, 0.4) is 0 Å². The van der Waals surface area contributed by atoms with Gasteiger partial charge in [-0.2, -0.15) is 0 Å². The number of nitrogens with one attached hydrogen (secondary N) is 2. The van der Waals surface area contributed by atoms with Crippen LogP contribution in [0.25, 0.3) is 11.0 Å². The lowest BCUT2D eigenvalue weighted by molar-refractivity contribution is 0.0953. The summed E-state index contributed by atoms with van der Waals surface area (Å²) in [5.41, 5.74) is 2.12. The van der Waals surface area contributed by atoms with E-state index < -0.39 is 0 Å². The fourth-order valence-corrected chi connectivity index (χ4v) is 3.96. The number of benzene rings is 1. The molecule has 2 heterocycles. The lowest BCUT2D eigenvalue weighted by Gasteiger charge is -2.22. The van der Waals surface area contributed by atoms with Gasteiger partial charge in [0.15, 0.2) is 0 Å². The number of aromatic amines is 1. The van der Waals surface area contributed by atoms with Crippen LogP contribution < -0.4 is 11.0 Å². The Balaban J connectivity index is 1.43. The molecule has 1 aromatic carbocycles. The fraction of sp³-hybridized carbons (Fsp3) is 0.450. The first-order valence-electron chi connectivity index (χ1n) is 9.70. The van der Waals surface area contributed by atoms with Gasteiger partial charge in [0, 0.05) is 37.1 Å². The molecule has 7 heteroatoms. The molecule has 27 heavy (non-hydrogen) atoms. The Kier molecular flexibility index (Phi) is 5.09. The molecule has 0 unspecified atom stereocenters. The molecule has 1 aliphatic carbocycles. The van der Waals surface area contributed by atoms with Crippen molar-refractivity contribution >= 4 is 16.9 Å². The smallest absolute Gasteiger partial charge is 0.326 e. The van der Waals surface area contributed by atoms with Gasteiger partial charge in [0.2, 0.25) is 0 Å². The van der Waals surface area contributed by atoms with Crippen LogP contribution >= 0.6 is 0 Å². The number of hydrogen-bond donors (Lipinski definition) is 2. The predicted molar refractivity (Wildman–Crippen MR) is 104 cm³/mol. The first-order valence-corrected chi connectivity index (χ1v) is 9.70. The predicted octanol–water partition coefficient (Wildman–Crippen LogP) is 2.85. The summed E-state index contributed by atoms with van der Waals surface area (Å²) in [5, 5.41) is 2.94. The summed E-state index contributed by atoms with van der Waals surface area (Å²) in [7, 11) is 0. The zero-order valence-corrected chi connectivity index (χ0v) is 15.4. The molecule has 1 amide bonds. The van der Waals surface area contributed by atoms with E-state index in [0.717, 1.165) is 36.8 Å². The van der Waals surface area contributed by atoms with Crippen LogP contribution in [0.4, 0.5) is 0 Å². The summed E-state index contributed by atoms with van der Waals surface area (Å²) in [6, 6.07) is 5.74. The molecular weight excluding hydrogens is 342 g/mol. The summed E-state index contributed by atoms with van der Waals surface area (Å²) >= 11 is 0. The zero-order chi connectivity index (χ0) is 18.6. The SMILES string of the molecule is O=C(NCCCn1ccnc1)c1ccc2c(c1)[nH]c(=O)n2C1CCCCC1. The molecule has 0 saturated heterocycles. The molecular formula is C20H25N5O2. The van der Waals surface area contributed by atoms with Gasteiger partial charge in [0.25, 0.3) is 5.91 Å². The second kappa shape index (κ2) is 7.82. The van der Waals surface area contributed by atoms with Crippen molar-refractivity contribution in [2.75, 3.05) is 6.54 Å². The van der Waals surface area contributed by atoms with E-state index in [1.807, 2.05) is 21.4 Å². The second-order valence-corrected chi connectivity index (χ2v) is 7.23. The van der Waals surface area contributed by atoms with Gasteiger partial charge in [-0.05, 0) is 37.5 Å². The van der Waals surface area contributed by atoms with Crippen LogP contribution in [-0.2, 0) is 6.54 Å². The molecule has 2 N–H and O–H groups in total. The minimum atomic E-state index is -0.117. The third kappa shape index (κ3) is 3.82. The van der Waals surface area contributed by atoms with Crippen LogP contribution in [0.5, 0.6) is 0 Å². The maximum absolute atomic E-state index is 12.4. The van der Waals surface area contributed by atoms with Crippen molar-refractivity contribution in [1.29, 1.82) is 0 Å². The minimum Gasteiger partial charge on any atom is -0.352 e. The number of rotatable bonds is 6. The van der Waals surface area contributed by atoms with E-state index >= 15 is 0 Å². The van der Waals surface area contributed by atoms with E-state index in [1.165, 1.54) is 19.3 Å².